The summed E-state index contributed by atoms with van der Waals surface area (Å²) >= 11 is 1.61. The minimum atomic E-state index is -0.250. The summed E-state index contributed by atoms with van der Waals surface area (Å²) in [6, 6.07) is 7.44. The van der Waals surface area contributed by atoms with Gasteiger partial charge in [-0.2, -0.15) is 10.1 Å². The van der Waals surface area contributed by atoms with Gasteiger partial charge in [0.25, 0.3) is 6.47 Å². The Kier molecular flexibility index (Phi) is 5.82. The predicted molar refractivity (Wildman–Crippen MR) is 114 cm³/mol. The topological polar surface area (TPSA) is 140 Å². The number of carbonyl (C=O) groups is 1. The normalized spacial score (nSPS) is 13.7. The molecule has 0 atom stereocenters. The van der Waals surface area contributed by atoms with Crippen LogP contribution in [0.5, 0.6) is 5.75 Å². The number of fused-ring (bicyclic) bond motifs is 1. The molecule has 4 heterocycles. The zero-order chi connectivity index (χ0) is 20.9. The number of aromatic hydroxyl groups is 1. The van der Waals surface area contributed by atoms with Gasteiger partial charge in [0.05, 0.1) is 16.6 Å². The van der Waals surface area contributed by atoms with Crippen LogP contribution in [0.1, 0.15) is 0 Å². The number of nitrogens with one attached hydrogen (secondary N) is 2. The molecule has 0 radical (unpaired) electrons. The standard InChI is InChI=1S/C18H17N7OS.CH2O2/c26-15-7-11(12-9-20-21-10-12)1-2-13(15)14-8-16-17(24-23-14)22-18(27-16)25-5-3-19-4-6-25;2-1-3/h1-2,7-10,19,26H,3-6H2,(H,20,21);1H,(H,2,3). The van der Waals surface area contributed by atoms with Gasteiger partial charge in [0, 0.05) is 43.5 Å². The summed E-state index contributed by atoms with van der Waals surface area (Å²) in [7, 11) is 0. The predicted octanol–water partition coefficient (Wildman–Crippen LogP) is 1.96. The van der Waals surface area contributed by atoms with E-state index in [-0.39, 0.29) is 12.2 Å². The van der Waals surface area contributed by atoms with Crippen molar-refractivity contribution in [2.75, 3.05) is 31.1 Å². The summed E-state index contributed by atoms with van der Waals surface area (Å²) < 4.78 is 0.965. The quantitative estimate of drug-likeness (QED) is 0.363. The van der Waals surface area contributed by atoms with Crippen molar-refractivity contribution in [3.8, 4) is 28.1 Å². The molecule has 3 aromatic heterocycles. The fraction of sp³-hybridized carbons (Fsp3) is 0.211. The molecule has 10 nitrogen and oxygen atoms in total. The largest absolute Gasteiger partial charge is 0.507 e. The number of rotatable bonds is 3. The SMILES string of the molecule is O=CO.Oc1cc(-c2cn[nH]c2)ccc1-c1cc2sc(N3CCNCC3)nc2nn1. The van der Waals surface area contributed by atoms with E-state index >= 15 is 0 Å². The number of piperazine rings is 1. The first-order chi connectivity index (χ1) is 14.7. The molecule has 1 fully saturated rings. The third kappa shape index (κ3) is 4.07. The molecular formula is C19H19N7O3S. The number of carboxylic acid groups (broad SMARTS) is 1. The average molecular weight is 425 g/mol. The van der Waals surface area contributed by atoms with Crippen LogP contribution in [0.3, 0.4) is 0 Å². The number of H-pyrrole nitrogens is 1. The number of aromatic amines is 1. The molecule has 4 aromatic rings. The first-order valence-electron chi connectivity index (χ1n) is 9.20. The van der Waals surface area contributed by atoms with Gasteiger partial charge in [-0.1, -0.05) is 17.4 Å². The molecule has 154 valence electrons. The molecule has 5 rings (SSSR count). The number of phenols is 1. The molecule has 1 aromatic carbocycles. The lowest BCUT2D eigenvalue weighted by molar-refractivity contribution is -0.122. The number of anilines is 1. The lowest BCUT2D eigenvalue weighted by Gasteiger charge is -2.26. The Hall–Kier alpha value is -3.57. The Labute approximate surface area is 175 Å². The molecule has 11 heteroatoms. The molecule has 0 aliphatic carbocycles. The van der Waals surface area contributed by atoms with E-state index in [0.29, 0.717) is 16.9 Å². The molecule has 0 spiro atoms. The molecule has 30 heavy (non-hydrogen) atoms. The van der Waals surface area contributed by atoms with Crippen molar-refractivity contribution in [3.05, 3.63) is 36.7 Å². The van der Waals surface area contributed by atoms with Gasteiger partial charge in [0.15, 0.2) is 10.8 Å². The van der Waals surface area contributed by atoms with E-state index in [1.54, 1.807) is 29.8 Å². The summed E-state index contributed by atoms with van der Waals surface area (Å²) in [4.78, 5) is 15.2. The van der Waals surface area contributed by atoms with E-state index in [2.05, 4.69) is 35.6 Å². The van der Waals surface area contributed by atoms with Crippen LogP contribution < -0.4 is 10.2 Å². The van der Waals surface area contributed by atoms with Gasteiger partial charge in [-0.05, 0) is 23.8 Å². The number of phenolic OH excluding ortho intramolecular Hbond substituents is 1. The maximum absolute atomic E-state index is 10.5. The van der Waals surface area contributed by atoms with Crippen LogP contribution in [0.2, 0.25) is 0 Å². The van der Waals surface area contributed by atoms with Crippen molar-refractivity contribution < 1.29 is 15.0 Å². The van der Waals surface area contributed by atoms with E-state index in [4.69, 9.17) is 9.90 Å². The van der Waals surface area contributed by atoms with Gasteiger partial charge in [-0.15, -0.1) is 10.2 Å². The van der Waals surface area contributed by atoms with Crippen LogP contribution in [-0.2, 0) is 4.79 Å². The molecule has 1 saturated heterocycles. The number of hydrogen-bond donors (Lipinski definition) is 4. The second kappa shape index (κ2) is 8.84. The van der Waals surface area contributed by atoms with E-state index < -0.39 is 0 Å². The second-order valence-corrected chi connectivity index (χ2v) is 7.48. The van der Waals surface area contributed by atoms with Crippen molar-refractivity contribution >= 4 is 33.3 Å². The molecule has 0 saturated carbocycles. The van der Waals surface area contributed by atoms with Crippen molar-refractivity contribution in [3.63, 3.8) is 0 Å². The summed E-state index contributed by atoms with van der Waals surface area (Å²) in [6.45, 7) is 3.56. The Bertz CT molecular complexity index is 1140. The minimum Gasteiger partial charge on any atom is -0.507 e. The molecule has 1 aliphatic rings. The highest BCUT2D eigenvalue weighted by atomic mass is 32.1. The zero-order valence-electron chi connectivity index (χ0n) is 15.8. The lowest BCUT2D eigenvalue weighted by atomic mass is 10.0. The number of benzene rings is 1. The number of hydrogen-bond acceptors (Lipinski definition) is 9. The van der Waals surface area contributed by atoms with E-state index in [1.807, 2.05) is 18.2 Å². The smallest absolute Gasteiger partial charge is 0.290 e. The molecule has 0 bridgehead atoms. The highest BCUT2D eigenvalue weighted by molar-refractivity contribution is 7.22. The first kappa shape index (κ1) is 19.7. The highest BCUT2D eigenvalue weighted by Crippen LogP contribution is 2.35. The van der Waals surface area contributed by atoms with Gasteiger partial charge in [-0.3, -0.25) is 9.89 Å². The Morgan fingerprint density at radius 1 is 1.13 bits per heavy atom. The lowest BCUT2D eigenvalue weighted by Crippen LogP contribution is -2.43. The maximum Gasteiger partial charge on any atom is 0.290 e. The van der Waals surface area contributed by atoms with Crippen LogP contribution in [0.25, 0.3) is 32.7 Å². The van der Waals surface area contributed by atoms with Crippen molar-refractivity contribution in [1.82, 2.24) is 30.7 Å². The summed E-state index contributed by atoms with van der Waals surface area (Å²) in [5, 5.41) is 37.0. The fourth-order valence-corrected chi connectivity index (χ4v) is 4.18. The summed E-state index contributed by atoms with van der Waals surface area (Å²) in [6.07, 6.45) is 3.50. The van der Waals surface area contributed by atoms with Gasteiger partial charge in [-0.25, -0.2) is 0 Å². The van der Waals surface area contributed by atoms with Crippen LogP contribution in [0, 0.1) is 0 Å². The summed E-state index contributed by atoms with van der Waals surface area (Å²) in [5.74, 6) is 0.161. The van der Waals surface area contributed by atoms with E-state index in [9.17, 15) is 5.11 Å². The molecule has 1 aliphatic heterocycles. The number of aromatic nitrogens is 5. The van der Waals surface area contributed by atoms with Crippen LogP contribution in [0.4, 0.5) is 5.13 Å². The van der Waals surface area contributed by atoms with E-state index in [1.165, 1.54) is 0 Å². The molecular weight excluding hydrogens is 406 g/mol. The number of nitrogens with zero attached hydrogens (tertiary/aromatic N) is 5. The zero-order valence-corrected chi connectivity index (χ0v) is 16.6. The highest BCUT2D eigenvalue weighted by Gasteiger charge is 2.17. The first-order valence-corrected chi connectivity index (χ1v) is 10.0. The molecule has 0 unspecified atom stereocenters. The second-order valence-electron chi connectivity index (χ2n) is 6.48. The average Bonchev–Trinajstić information content (AvgIpc) is 3.44. The van der Waals surface area contributed by atoms with Gasteiger partial charge in [0.2, 0.25) is 0 Å². The fourth-order valence-electron chi connectivity index (χ4n) is 3.19. The van der Waals surface area contributed by atoms with Gasteiger partial charge in [0.1, 0.15) is 5.75 Å². The Morgan fingerprint density at radius 3 is 2.63 bits per heavy atom. The third-order valence-corrected chi connectivity index (χ3v) is 5.69. The molecule has 0 amide bonds. The monoisotopic (exact) mass is 425 g/mol. The van der Waals surface area contributed by atoms with Crippen molar-refractivity contribution in [2.24, 2.45) is 0 Å². The van der Waals surface area contributed by atoms with Crippen LogP contribution in [-0.4, -0.2) is 68.2 Å². The van der Waals surface area contributed by atoms with Gasteiger partial charge < -0.3 is 20.4 Å². The third-order valence-electron chi connectivity index (χ3n) is 4.64. The molecule has 4 N–H and O–H groups in total. The number of thiazole rings is 1. The van der Waals surface area contributed by atoms with Gasteiger partial charge >= 0.3 is 0 Å². The van der Waals surface area contributed by atoms with Crippen LogP contribution in [0.15, 0.2) is 36.7 Å². The Balaban J connectivity index is 0.000000687. The van der Waals surface area contributed by atoms with E-state index in [0.717, 1.165) is 47.1 Å². The Morgan fingerprint density at radius 2 is 1.93 bits per heavy atom. The minimum absolute atomic E-state index is 0.161. The van der Waals surface area contributed by atoms with Crippen LogP contribution >= 0.6 is 11.3 Å². The maximum atomic E-state index is 10.5. The summed E-state index contributed by atoms with van der Waals surface area (Å²) in [5.41, 5.74) is 3.73. The van der Waals surface area contributed by atoms with Crippen molar-refractivity contribution in [2.45, 2.75) is 0 Å². The van der Waals surface area contributed by atoms with Crippen molar-refractivity contribution in [1.29, 1.82) is 0 Å².